The summed E-state index contributed by atoms with van der Waals surface area (Å²) in [6.07, 6.45) is 1.35. The van der Waals surface area contributed by atoms with Crippen LogP contribution >= 0.6 is 11.3 Å². The third-order valence-electron chi connectivity index (χ3n) is 5.05. The van der Waals surface area contributed by atoms with Gasteiger partial charge in [0.1, 0.15) is 5.52 Å². The number of fused-ring (bicyclic) bond motifs is 1. The SMILES string of the molecule is CC(C)c1nc2cc(NC(=O)C3CCN(C(=O)c4cccs4)CC3)ccc2o1. The van der Waals surface area contributed by atoms with Gasteiger partial charge in [-0.1, -0.05) is 19.9 Å². The van der Waals surface area contributed by atoms with Gasteiger partial charge in [0.05, 0.1) is 4.88 Å². The van der Waals surface area contributed by atoms with Crippen molar-refractivity contribution in [3.8, 4) is 0 Å². The fraction of sp³-hybridized carbons (Fsp3) is 0.381. The molecule has 4 rings (SSSR count). The summed E-state index contributed by atoms with van der Waals surface area (Å²) >= 11 is 1.45. The number of anilines is 1. The summed E-state index contributed by atoms with van der Waals surface area (Å²) in [5.74, 6) is 0.877. The minimum atomic E-state index is -0.0911. The number of hydrogen-bond acceptors (Lipinski definition) is 5. The van der Waals surface area contributed by atoms with Gasteiger partial charge < -0.3 is 14.6 Å². The van der Waals surface area contributed by atoms with Crippen LogP contribution in [-0.4, -0.2) is 34.8 Å². The van der Waals surface area contributed by atoms with E-state index in [1.807, 2.05) is 54.5 Å². The molecule has 1 fully saturated rings. The Labute approximate surface area is 167 Å². The van der Waals surface area contributed by atoms with Gasteiger partial charge in [0, 0.05) is 30.6 Å². The maximum Gasteiger partial charge on any atom is 0.263 e. The molecule has 2 aromatic heterocycles. The summed E-state index contributed by atoms with van der Waals surface area (Å²) < 4.78 is 5.71. The number of likely N-dealkylation sites (tertiary alicyclic amines) is 1. The highest BCUT2D eigenvalue weighted by Gasteiger charge is 2.28. The van der Waals surface area contributed by atoms with E-state index in [-0.39, 0.29) is 23.7 Å². The highest BCUT2D eigenvalue weighted by atomic mass is 32.1. The average molecular weight is 398 g/mol. The molecule has 7 heteroatoms. The van der Waals surface area contributed by atoms with E-state index >= 15 is 0 Å². The number of aromatic nitrogens is 1. The van der Waals surface area contributed by atoms with Crippen LogP contribution in [0.3, 0.4) is 0 Å². The van der Waals surface area contributed by atoms with Crippen molar-refractivity contribution in [3.63, 3.8) is 0 Å². The molecular weight excluding hydrogens is 374 g/mol. The molecule has 0 unspecified atom stereocenters. The second-order valence-corrected chi connectivity index (χ2v) is 8.37. The summed E-state index contributed by atoms with van der Waals surface area (Å²) in [4.78, 5) is 32.2. The first-order valence-electron chi connectivity index (χ1n) is 9.55. The number of rotatable bonds is 4. The van der Waals surface area contributed by atoms with E-state index in [9.17, 15) is 9.59 Å². The number of piperidine rings is 1. The van der Waals surface area contributed by atoms with Gasteiger partial charge in [0.15, 0.2) is 11.5 Å². The zero-order valence-electron chi connectivity index (χ0n) is 16.0. The van der Waals surface area contributed by atoms with Crippen molar-refractivity contribution < 1.29 is 14.0 Å². The lowest BCUT2D eigenvalue weighted by Gasteiger charge is -2.31. The van der Waals surface area contributed by atoms with Crippen molar-refractivity contribution in [2.24, 2.45) is 5.92 Å². The van der Waals surface area contributed by atoms with Crippen LogP contribution in [0.2, 0.25) is 0 Å². The molecule has 0 radical (unpaired) electrons. The third-order valence-corrected chi connectivity index (χ3v) is 5.91. The first-order chi connectivity index (χ1) is 13.5. The molecule has 28 heavy (non-hydrogen) atoms. The van der Waals surface area contributed by atoms with E-state index in [2.05, 4.69) is 10.3 Å². The Balaban J connectivity index is 1.37. The lowest BCUT2D eigenvalue weighted by Crippen LogP contribution is -2.41. The van der Waals surface area contributed by atoms with Crippen molar-refractivity contribution >= 4 is 39.9 Å². The molecule has 1 aromatic carbocycles. The number of carbonyl (C=O) groups excluding carboxylic acids is 2. The molecular formula is C21H23N3O3S. The van der Waals surface area contributed by atoms with Crippen LogP contribution in [0.5, 0.6) is 0 Å². The molecule has 0 aliphatic carbocycles. The smallest absolute Gasteiger partial charge is 0.263 e. The molecule has 3 heterocycles. The number of thiophene rings is 1. The summed E-state index contributed by atoms with van der Waals surface area (Å²) in [5.41, 5.74) is 2.19. The summed E-state index contributed by atoms with van der Waals surface area (Å²) in [6, 6.07) is 9.25. The van der Waals surface area contributed by atoms with E-state index < -0.39 is 0 Å². The van der Waals surface area contributed by atoms with Crippen molar-refractivity contribution in [1.82, 2.24) is 9.88 Å². The van der Waals surface area contributed by atoms with Gasteiger partial charge in [-0.05, 0) is 42.5 Å². The number of amides is 2. The lowest BCUT2D eigenvalue weighted by atomic mass is 9.95. The maximum atomic E-state index is 12.7. The van der Waals surface area contributed by atoms with Crippen LogP contribution in [0.4, 0.5) is 5.69 Å². The summed E-state index contributed by atoms with van der Waals surface area (Å²) in [7, 11) is 0. The summed E-state index contributed by atoms with van der Waals surface area (Å²) in [5, 5.41) is 4.90. The zero-order valence-corrected chi connectivity index (χ0v) is 16.8. The van der Waals surface area contributed by atoms with Crippen LogP contribution in [0.15, 0.2) is 40.1 Å². The topological polar surface area (TPSA) is 75.4 Å². The van der Waals surface area contributed by atoms with Gasteiger partial charge >= 0.3 is 0 Å². The monoisotopic (exact) mass is 397 g/mol. The van der Waals surface area contributed by atoms with Crippen LogP contribution in [-0.2, 0) is 4.79 Å². The standard InChI is InChI=1S/C21H23N3O3S/c1-13(2)20-23-16-12-15(5-6-17(16)27-20)22-19(25)14-7-9-24(10-8-14)21(26)18-4-3-11-28-18/h3-6,11-14H,7-10H2,1-2H3,(H,22,25). The predicted octanol–water partition coefficient (Wildman–Crippen LogP) is 4.50. The van der Waals surface area contributed by atoms with Gasteiger partial charge in [-0.15, -0.1) is 11.3 Å². The van der Waals surface area contributed by atoms with E-state index in [1.165, 1.54) is 11.3 Å². The second kappa shape index (κ2) is 7.75. The van der Waals surface area contributed by atoms with Gasteiger partial charge in [-0.3, -0.25) is 9.59 Å². The fourth-order valence-electron chi connectivity index (χ4n) is 3.42. The highest BCUT2D eigenvalue weighted by Crippen LogP contribution is 2.26. The molecule has 0 bridgehead atoms. The third kappa shape index (κ3) is 3.80. The number of nitrogens with zero attached hydrogens (tertiary/aromatic N) is 2. The van der Waals surface area contributed by atoms with Gasteiger partial charge in [0.2, 0.25) is 5.91 Å². The number of nitrogens with one attached hydrogen (secondary N) is 1. The van der Waals surface area contributed by atoms with E-state index in [4.69, 9.17) is 4.42 Å². The lowest BCUT2D eigenvalue weighted by molar-refractivity contribution is -0.121. The molecule has 0 saturated carbocycles. The molecule has 2 amide bonds. The molecule has 1 aliphatic heterocycles. The number of hydrogen-bond donors (Lipinski definition) is 1. The second-order valence-electron chi connectivity index (χ2n) is 7.42. The molecule has 0 atom stereocenters. The predicted molar refractivity (Wildman–Crippen MR) is 110 cm³/mol. The van der Waals surface area contributed by atoms with Crippen LogP contribution in [0.25, 0.3) is 11.1 Å². The highest BCUT2D eigenvalue weighted by molar-refractivity contribution is 7.12. The van der Waals surface area contributed by atoms with E-state index in [0.717, 1.165) is 21.7 Å². The van der Waals surface area contributed by atoms with Crippen molar-refractivity contribution in [2.45, 2.75) is 32.6 Å². The van der Waals surface area contributed by atoms with Crippen LogP contribution < -0.4 is 5.32 Å². The van der Waals surface area contributed by atoms with Crippen molar-refractivity contribution in [3.05, 3.63) is 46.5 Å². The van der Waals surface area contributed by atoms with Crippen LogP contribution in [0.1, 0.15) is 48.2 Å². The number of carbonyl (C=O) groups is 2. The Kier molecular flexibility index (Phi) is 5.17. The van der Waals surface area contributed by atoms with Crippen LogP contribution in [0, 0.1) is 5.92 Å². The summed E-state index contributed by atoms with van der Waals surface area (Å²) in [6.45, 7) is 5.27. The minimum absolute atomic E-state index is 0.00449. The molecule has 1 aliphatic rings. The zero-order chi connectivity index (χ0) is 19.7. The van der Waals surface area contributed by atoms with E-state index in [0.29, 0.717) is 31.8 Å². The maximum absolute atomic E-state index is 12.7. The Morgan fingerprint density at radius 2 is 2.04 bits per heavy atom. The largest absolute Gasteiger partial charge is 0.440 e. The van der Waals surface area contributed by atoms with E-state index in [1.54, 1.807) is 0 Å². The van der Waals surface area contributed by atoms with Gasteiger partial charge in [0.25, 0.3) is 5.91 Å². The Hall–Kier alpha value is -2.67. The van der Waals surface area contributed by atoms with Crippen molar-refractivity contribution in [1.29, 1.82) is 0 Å². The fourth-order valence-corrected chi connectivity index (χ4v) is 4.11. The molecule has 1 saturated heterocycles. The molecule has 146 valence electrons. The Morgan fingerprint density at radius 3 is 2.71 bits per heavy atom. The quantitative estimate of drug-likeness (QED) is 0.703. The minimum Gasteiger partial charge on any atom is -0.440 e. The molecule has 0 spiro atoms. The number of oxazole rings is 1. The van der Waals surface area contributed by atoms with Gasteiger partial charge in [-0.2, -0.15) is 0 Å². The molecule has 6 nitrogen and oxygen atoms in total. The van der Waals surface area contributed by atoms with Gasteiger partial charge in [-0.25, -0.2) is 4.98 Å². The molecule has 3 aromatic rings. The number of benzene rings is 1. The van der Waals surface area contributed by atoms with Crippen molar-refractivity contribution in [2.75, 3.05) is 18.4 Å². The Morgan fingerprint density at radius 1 is 1.25 bits per heavy atom. The average Bonchev–Trinajstić information content (AvgIpc) is 3.37. The first kappa shape index (κ1) is 18.7. The first-order valence-corrected chi connectivity index (χ1v) is 10.4. The molecule has 1 N–H and O–H groups in total. The Bertz CT molecular complexity index is 986. The normalized spacial score (nSPS) is 15.3.